The second-order valence-corrected chi connectivity index (χ2v) is 4.88. The number of nitrogens with zero attached hydrogens (tertiary/aromatic N) is 1. The maximum absolute atomic E-state index is 9.65. The van der Waals surface area contributed by atoms with Gasteiger partial charge in [0, 0.05) is 24.8 Å². The van der Waals surface area contributed by atoms with Gasteiger partial charge in [0.25, 0.3) is 0 Å². The fourth-order valence-corrected chi connectivity index (χ4v) is 2.52. The van der Waals surface area contributed by atoms with Crippen LogP contribution in [0.2, 0.25) is 0 Å². The van der Waals surface area contributed by atoms with Crippen molar-refractivity contribution in [3.05, 3.63) is 29.8 Å². The third-order valence-corrected chi connectivity index (χ3v) is 3.51. The second kappa shape index (κ2) is 5.69. The van der Waals surface area contributed by atoms with Crippen LogP contribution >= 0.6 is 0 Å². The van der Waals surface area contributed by atoms with Gasteiger partial charge in [-0.05, 0) is 25.1 Å². The Morgan fingerprint density at radius 1 is 1.28 bits per heavy atom. The van der Waals surface area contributed by atoms with E-state index in [-0.39, 0.29) is 6.04 Å². The fourth-order valence-electron chi connectivity index (χ4n) is 2.52. The van der Waals surface area contributed by atoms with Gasteiger partial charge < -0.3 is 20.4 Å². The van der Waals surface area contributed by atoms with Gasteiger partial charge in [0.2, 0.25) is 0 Å². The number of hydrogen-bond donors (Lipinski definition) is 3. The molecule has 1 heterocycles. The molecule has 100 valence electrons. The highest BCUT2D eigenvalue weighted by atomic mass is 16.3. The zero-order chi connectivity index (χ0) is 13.1. The molecule has 3 N–H and O–H groups in total. The second-order valence-electron chi connectivity index (χ2n) is 4.88. The van der Waals surface area contributed by atoms with Gasteiger partial charge in [-0.1, -0.05) is 25.1 Å². The Kier molecular flexibility index (Phi) is 4.22. The number of nitrogens with one attached hydrogen (secondary N) is 1. The lowest BCUT2D eigenvalue weighted by atomic mass is 10.1. The van der Waals surface area contributed by atoms with Crippen molar-refractivity contribution in [3.8, 4) is 0 Å². The number of aliphatic hydroxyl groups is 2. The van der Waals surface area contributed by atoms with Crippen molar-refractivity contribution in [3.63, 3.8) is 0 Å². The predicted molar refractivity (Wildman–Crippen MR) is 72.8 cm³/mol. The van der Waals surface area contributed by atoms with Crippen molar-refractivity contribution < 1.29 is 10.2 Å². The molecular formula is C14H22N2O2. The monoisotopic (exact) mass is 250 g/mol. The number of para-hydroxylation sites is 1. The number of aliphatic hydroxyl groups excluding tert-OH is 2. The first kappa shape index (κ1) is 13.3. The van der Waals surface area contributed by atoms with Gasteiger partial charge in [-0.15, -0.1) is 0 Å². The highest BCUT2D eigenvalue weighted by Gasteiger charge is 2.30. The summed E-state index contributed by atoms with van der Waals surface area (Å²) in [7, 11) is 0. The molecule has 0 aliphatic carbocycles. The lowest BCUT2D eigenvalue weighted by Crippen LogP contribution is -2.25. The van der Waals surface area contributed by atoms with E-state index >= 15 is 0 Å². The molecule has 2 rings (SSSR count). The topological polar surface area (TPSA) is 55.7 Å². The first-order valence-electron chi connectivity index (χ1n) is 6.57. The van der Waals surface area contributed by atoms with Crippen molar-refractivity contribution in [1.82, 2.24) is 5.32 Å². The molecule has 1 aliphatic heterocycles. The SMILES string of the molecule is CCNC(C)c1ccccc1N1CC(O)C(O)C1. The van der Waals surface area contributed by atoms with Crippen molar-refractivity contribution in [2.45, 2.75) is 32.1 Å². The van der Waals surface area contributed by atoms with Gasteiger partial charge in [0.05, 0.1) is 12.2 Å². The summed E-state index contributed by atoms with van der Waals surface area (Å²) in [5.41, 5.74) is 2.31. The zero-order valence-corrected chi connectivity index (χ0v) is 11.0. The zero-order valence-electron chi connectivity index (χ0n) is 11.0. The Labute approximate surface area is 108 Å². The van der Waals surface area contributed by atoms with Crippen LogP contribution in [0.5, 0.6) is 0 Å². The molecule has 1 saturated heterocycles. The van der Waals surface area contributed by atoms with Crippen molar-refractivity contribution in [2.24, 2.45) is 0 Å². The van der Waals surface area contributed by atoms with E-state index < -0.39 is 12.2 Å². The minimum absolute atomic E-state index is 0.265. The lowest BCUT2D eigenvalue weighted by molar-refractivity contribution is 0.0572. The summed E-state index contributed by atoms with van der Waals surface area (Å²) in [4.78, 5) is 2.05. The molecule has 0 amide bonds. The maximum atomic E-state index is 9.65. The van der Waals surface area contributed by atoms with Crippen LogP contribution in [0.25, 0.3) is 0 Å². The number of hydrogen-bond acceptors (Lipinski definition) is 4. The van der Waals surface area contributed by atoms with Crippen LogP contribution in [0, 0.1) is 0 Å². The van der Waals surface area contributed by atoms with Crippen LogP contribution in [-0.2, 0) is 0 Å². The Hall–Kier alpha value is -1.10. The lowest BCUT2D eigenvalue weighted by Gasteiger charge is -2.24. The van der Waals surface area contributed by atoms with Gasteiger partial charge >= 0.3 is 0 Å². The number of anilines is 1. The van der Waals surface area contributed by atoms with Crippen molar-refractivity contribution >= 4 is 5.69 Å². The number of rotatable bonds is 4. The van der Waals surface area contributed by atoms with Gasteiger partial charge in [-0.2, -0.15) is 0 Å². The molecule has 18 heavy (non-hydrogen) atoms. The van der Waals surface area contributed by atoms with E-state index in [1.807, 2.05) is 18.2 Å². The molecule has 1 aliphatic rings. The molecule has 0 spiro atoms. The molecule has 0 bridgehead atoms. The first-order valence-corrected chi connectivity index (χ1v) is 6.57. The minimum Gasteiger partial charge on any atom is -0.389 e. The Bertz CT molecular complexity index is 387. The minimum atomic E-state index is -0.646. The highest BCUT2D eigenvalue weighted by molar-refractivity contribution is 5.56. The van der Waals surface area contributed by atoms with Crippen LogP contribution in [-0.4, -0.2) is 42.1 Å². The maximum Gasteiger partial charge on any atom is 0.0990 e. The first-order chi connectivity index (χ1) is 8.63. The van der Waals surface area contributed by atoms with E-state index in [0.29, 0.717) is 13.1 Å². The molecule has 0 aromatic heterocycles. The van der Waals surface area contributed by atoms with E-state index in [2.05, 4.69) is 30.1 Å². The predicted octanol–water partition coefficient (Wildman–Crippen LogP) is 0.899. The normalized spacial score (nSPS) is 25.4. The Morgan fingerprint density at radius 3 is 2.50 bits per heavy atom. The molecular weight excluding hydrogens is 228 g/mol. The molecule has 3 unspecified atom stereocenters. The molecule has 3 atom stereocenters. The van der Waals surface area contributed by atoms with Crippen molar-refractivity contribution in [2.75, 3.05) is 24.5 Å². The van der Waals surface area contributed by atoms with E-state index in [1.54, 1.807) is 0 Å². The molecule has 0 saturated carbocycles. The largest absolute Gasteiger partial charge is 0.389 e. The molecule has 0 radical (unpaired) electrons. The molecule has 1 aromatic rings. The van der Waals surface area contributed by atoms with E-state index in [9.17, 15) is 10.2 Å². The summed E-state index contributed by atoms with van der Waals surface area (Å²) in [6.45, 7) is 6.13. The highest BCUT2D eigenvalue weighted by Crippen LogP contribution is 2.29. The number of β-amino-alcohol motifs (C(OH)–C–C–N with tert-alkyl or cyclic N) is 2. The van der Waals surface area contributed by atoms with E-state index in [1.165, 1.54) is 5.56 Å². The number of benzene rings is 1. The quantitative estimate of drug-likeness (QED) is 0.743. The summed E-state index contributed by atoms with van der Waals surface area (Å²) >= 11 is 0. The van der Waals surface area contributed by atoms with Crippen LogP contribution in [0.15, 0.2) is 24.3 Å². The van der Waals surface area contributed by atoms with Crippen LogP contribution < -0.4 is 10.2 Å². The Balaban J connectivity index is 2.22. The average molecular weight is 250 g/mol. The van der Waals surface area contributed by atoms with Gasteiger partial charge in [0.15, 0.2) is 0 Å². The summed E-state index contributed by atoms with van der Waals surface area (Å²) in [6.07, 6.45) is -1.29. The summed E-state index contributed by atoms with van der Waals surface area (Å²) in [5.74, 6) is 0. The molecule has 4 nitrogen and oxygen atoms in total. The third-order valence-electron chi connectivity index (χ3n) is 3.51. The standard InChI is InChI=1S/C14H22N2O2/c1-3-15-10(2)11-6-4-5-7-12(11)16-8-13(17)14(18)9-16/h4-7,10,13-15,17-18H,3,8-9H2,1-2H3. The van der Waals surface area contributed by atoms with Gasteiger partial charge in [-0.3, -0.25) is 0 Å². The van der Waals surface area contributed by atoms with Gasteiger partial charge in [-0.25, -0.2) is 0 Å². The summed E-state index contributed by atoms with van der Waals surface area (Å²) < 4.78 is 0. The summed E-state index contributed by atoms with van der Waals surface area (Å²) in [6, 6.07) is 8.43. The Morgan fingerprint density at radius 2 is 1.89 bits per heavy atom. The van der Waals surface area contributed by atoms with E-state index in [0.717, 1.165) is 12.2 Å². The molecule has 4 heteroatoms. The molecule has 1 fully saturated rings. The fraction of sp³-hybridized carbons (Fsp3) is 0.571. The average Bonchev–Trinajstić information content (AvgIpc) is 2.70. The van der Waals surface area contributed by atoms with Crippen LogP contribution in [0.4, 0.5) is 5.69 Å². The van der Waals surface area contributed by atoms with Crippen LogP contribution in [0.1, 0.15) is 25.5 Å². The third kappa shape index (κ3) is 2.66. The smallest absolute Gasteiger partial charge is 0.0990 e. The summed E-state index contributed by atoms with van der Waals surface area (Å²) in [5, 5.41) is 22.7. The molecule has 1 aromatic carbocycles. The van der Waals surface area contributed by atoms with Crippen molar-refractivity contribution in [1.29, 1.82) is 0 Å². The van der Waals surface area contributed by atoms with Gasteiger partial charge in [0.1, 0.15) is 0 Å². The van der Waals surface area contributed by atoms with E-state index in [4.69, 9.17) is 0 Å². The van der Waals surface area contributed by atoms with Crippen LogP contribution in [0.3, 0.4) is 0 Å².